The summed E-state index contributed by atoms with van der Waals surface area (Å²) >= 11 is 4.13. The first kappa shape index (κ1) is 15.0. The van der Waals surface area contributed by atoms with Gasteiger partial charge in [-0.05, 0) is 37.5 Å². The number of rotatable bonds is 5. The quantitative estimate of drug-likeness (QED) is 0.782. The number of nitrogens with one attached hydrogen (secondary N) is 1. The van der Waals surface area contributed by atoms with Crippen LogP contribution in [0.2, 0.25) is 0 Å². The predicted octanol–water partition coefficient (Wildman–Crippen LogP) is 3.81. The lowest BCUT2D eigenvalue weighted by Gasteiger charge is -2.31. The molecular weight excluding hydrogens is 249 g/mol. The second kappa shape index (κ2) is 6.23. The van der Waals surface area contributed by atoms with E-state index in [1.807, 2.05) is 20.8 Å². The first-order chi connectivity index (χ1) is 8.48. The van der Waals surface area contributed by atoms with Crippen molar-refractivity contribution in [1.29, 1.82) is 0 Å². The van der Waals surface area contributed by atoms with E-state index in [0.29, 0.717) is 4.90 Å². The Labute approximate surface area is 113 Å². The van der Waals surface area contributed by atoms with Gasteiger partial charge in [0.1, 0.15) is 5.82 Å². The van der Waals surface area contributed by atoms with Crippen molar-refractivity contribution in [2.45, 2.75) is 50.5 Å². The molecule has 0 aromatic heterocycles. The molecule has 0 bridgehead atoms. The molecule has 1 aromatic carbocycles. The van der Waals surface area contributed by atoms with E-state index in [1.165, 1.54) is 18.2 Å². The maximum atomic E-state index is 13.6. The first-order valence-electron chi connectivity index (χ1n) is 6.29. The maximum absolute atomic E-state index is 13.6. The fourth-order valence-electron chi connectivity index (χ4n) is 2.01. The molecule has 1 N–H and O–H groups in total. The molecule has 0 radical (unpaired) electrons. The molecule has 0 aliphatic heterocycles. The van der Waals surface area contributed by atoms with Crippen molar-refractivity contribution in [2.75, 3.05) is 0 Å². The molecule has 0 fully saturated rings. The summed E-state index contributed by atoms with van der Waals surface area (Å²) in [6, 6.07) is 4.25. The fourth-order valence-corrected chi connectivity index (χ4v) is 2.21. The first-order valence-corrected chi connectivity index (χ1v) is 6.73. The van der Waals surface area contributed by atoms with Gasteiger partial charge >= 0.3 is 0 Å². The van der Waals surface area contributed by atoms with Crippen LogP contribution >= 0.6 is 12.6 Å². The third-order valence-electron chi connectivity index (χ3n) is 3.60. The SMILES string of the molecule is CCC(CC)(CC)NC(=O)c1cc(S)ccc1F. The van der Waals surface area contributed by atoms with E-state index in [1.54, 1.807) is 0 Å². The number of thiol groups is 1. The fraction of sp³-hybridized carbons (Fsp3) is 0.500. The normalized spacial score (nSPS) is 11.4. The number of carbonyl (C=O) groups is 1. The highest BCUT2D eigenvalue weighted by atomic mass is 32.1. The molecule has 0 saturated carbocycles. The molecule has 4 heteroatoms. The minimum atomic E-state index is -0.512. The molecule has 0 atom stereocenters. The van der Waals surface area contributed by atoms with E-state index in [2.05, 4.69) is 17.9 Å². The molecule has 0 aliphatic rings. The van der Waals surface area contributed by atoms with Crippen LogP contribution in [0.3, 0.4) is 0 Å². The topological polar surface area (TPSA) is 29.1 Å². The van der Waals surface area contributed by atoms with Crippen molar-refractivity contribution in [3.8, 4) is 0 Å². The molecule has 100 valence electrons. The molecule has 0 saturated heterocycles. The van der Waals surface area contributed by atoms with Crippen LogP contribution in [0.25, 0.3) is 0 Å². The number of carbonyl (C=O) groups excluding carboxylic acids is 1. The summed E-state index contributed by atoms with van der Waals surface area (Å²) in [6.45, 7) is 6.08. The van der Waals surface area contributed by atoms with E-state index in [-0.39, 0.29) is 17.0 Å². The van der Waals surface area contributed by atoms with Gasteiger partial charge in [0.25, 0.3) is 5.91 Å². The smallest absolute Gasteiger partial charge is 0.254 e. The standard InChI is InChI=1S/C14H20FNOS/c1-4-14(5-2,6-3)16-13(17)11-9-10(18)7-8-12(11)15/h7-9,18H,4-6H2,1-3H3,(H,16,17). The van der Waals surface area contributed by atoms with Crippen LogP contribution in [0.5, 0.6) is 0 Å². The van der Waals surface area contributed by atoms with Gasteiger partial charge in [0.05, 0.1) is 5.56 Å². The summed E-state index contributed by atoms with van der Waals surface area (Å²) in [6.07, 6.45) is 2.48. The van der Waals surface area contributed by atoms with Gasteiger partial charge in [-0.2, -0.15) is 0 Å². The summed E-state index contributed by atoms with van der Waals surface area (Å²) in [5, 5.41) is 2.95. The van der Waals surface area contributed by atoms with Gasteiger partial charge in [-0.1, -0.05) is 20.8 Å². The van der Waals surface area contributed by atoms with E-state index >= 15 is 0 Å². The van der Waals surface area contributed by atoms with Gasteiger partial charge in [-0.3, -0.25) is 4.79 Å². The third-order valence-corrected chi connectivity index (χ3v) is 3.88. The summed E-state index contributed by atoms with van der Waals surface area (Å²) < 4.78 is 13.6. The third kappa shape index (κ3) is 3.25. The second-order valence-electron chi connectivity index (χ2n) is 4.46. The highest BCUT2D eigenvalue weighted by molar-refractivity contribution is 7.80. The lowest BCUT2D eigenvalue weighted by molar-refractivity contribution is 0.0884. The van der Waals surface area contributed by atoms with Crippen molar-refractivity contribution in [1.82, 2.24) is 5.32 Å². The number of benzene rings is 1. The average molecular weight is 269 g/mol. The van der Waals surface area contributed by atoms with Gasteiger partial charge in [-0.25, -0.2) is 4.39 Å². The van der Waals surface area contributed by atoms with Crippen molar-refractivity contribution in [3.05, 3.63) is 29.6 Å². The molecule has 1 amide bonds. The zero-order valence-corrected chi connectivity index (χ0v) is 12.0. The Hall–Kier alpha value is -1.03. The van der Waals surface area contributed by atoms with Gasteiger partial charge in [0.15, 0.2) is 0 Å². The molecule has 0 unspecified atom stereocenters. The minimum Gasteiger partial charge on any atom is -0.347 e. The molecule has 0 heterocycles. The average Bonchev–Trinajstić information content (AvgIpc) is 2.38. The molecule has 0 spiro atoms. The number of hydrogen-bond donors (Lipinski definition) is 2. The molecule has 2 nitrogen and oxygen atoms in total. The van der Waals surface area contributed by atoms with E-state index in [4.69, 9.17) is 0 Å². The molecule has 18 heavy (non-hydrogen) atoms. The number of amides is 1. The Bertz CT molecular complexity index is 422. The largest absolute Gasteiger partial charge is 0.347 e. The molecular formula is C14H20FNOS. The summed E-state index contributed by atoms with van der Waals surface area (Å²) in [5.41, 5.74) is -0.196. The van der Waals surface area contributed by atoms with Crippen LogP contribution in [0, 0.1) is 5.82 Å². The lowest BCUT2D eigenvalue weighted by atomic mass is 9.89. The van der Waals surface area contributed by atoms with E-state index in [9.17, 15) is 9.18 Å². The van der Waals surface area contributed by atoms with Gasteiger partial charge < -0.3 is 5.32 Å². The monoisotopic (exact) mass is 269 g/mol. The molecule has 1 rings (SSSR count). The van der Waals surface area contributed by atoms with Crippen LogP contribution in [-0.2, 0) is 0 Å². The van der Waals surface area contributed by atoms with Crippen molar-refractivity contribution >= 4 is 18.5 Å². The van der Waals surface area contributed by atoms with E-state index in [0.717, 1.165) is 19.3 Å². The van der Waals surface area contributed by atoms with Crippen LogP contribution < -0.4 is 5.32 Å². The van der Waals surface area contributed by atoms with Crippen molar-refractivity contribution in [2.24, 2.45) is 0 Å². The highest BCUT2D eigenvalue weighted by Crippen LogP contribution is 2.21. The summed E-state index contributed by atoms with van der Waals surface area (Å²) in [4.78, 5) is 12.7. The van der Waals surface area contributed by atoms with E-state index < -0.39 is 5.82 Å². The number of halogens is 1. The van der Waals surface area contributed by atoms with Gasteiger partial charge in [0, 0.05) is 10.4 Å². The zero-order chi connectivity index (χ0) is 13.8. The summed E-state index contributed by atoms with van der Waals surface area (Å²) in [5.74, 6) is -0.878. The maximum Gasteiger partial charge on any atom is 0.254 e. The second-order valence-corrected chi connectivity index (χ2v) is 4.98. The highest BCUT2D eigenvalue weighted by Gasteiger charge is 2.27. The Morgan fingerprint density at radius 3 is 2.33 bits per heavy atom. The Morgan fingerprint density at radius 1 is 1.28 bits per heavy atom. The summed E-state index contributed by atoms with van der Waals surface area (Å²) in [7, 11) is 0. The predicted molar refractivity (Wildman–Crippen MR) is 74.7 cm³/mol. The zero-order valence-electron chi connectivity index (χ0n) is 11.1. The molecule has 0 aliphatic carbocycles. The van der Waals surface area contributed by atoms with Gasteiger partial charge in [-0.15, -0.1) is 12.6 Å². The van der Waals surface area contributed by atoms with Crippen LogP contribution in [0.4, 0.5) is 4.39 Å². The minimum absolute atomic E-state index is 0.0576. The lowest BCUT2D eigenvalue weighted by Crippen LogP contribution is -2.47. The number of hydrogen-bond acceptors (Lipinski definition) is 2. The molecule has 1 aromatic rings. The van der Waals surface area contributed by atoms with Gasteiger partial charge in [0.2, 0.25) is 0 Å². The Kier molecular flexibility index (Phi) is 5.20. The van der Waals surface area contributed by atoms with Crippen molar-refractivity contribution in [3.63, 3.8) is 0 Å². The Morgan fingerprint density at radius 2 is 1.83 bits per heavy atom. The van der Waals surface area contributed by atoms with Crippen LogP contribution in [-0.4, -0.2) is 11.4 Å². The van der Waals surface area contributed by atoms with Crippen molar-refractivity contribution < 1.29 is 9.18 Å². The van der Waals surface area contributed by atoms with Crippen LogP contribution in [0.15, 0.2) is 23.1 Å². The Balaban J connectivity index is 2.97. The van der Waals surface area contributed by atoms with Crippen LogP contribution in [0.1, 0.15) is 50.4 Å².